The Morgan fingerprint density at radius 1 is 1.02 bits per heavy atom. The molecule has 0 aliphatic rings. The number of aromatic nitrogens is 7. The highest BCUT2D eigenvalue weighted by Crippen LogP contribution is 2.30. The van der Waals surface area contributed by atoms with Gasteiger partial charge in [-0.05, 0) is 43.2 Å². The number of halogens is 3. The van der Waals surface area contributed by atoms with Crippen molar-refractivity contribution in [3.05, 3.63) is 98.2 Å². The van der Waals surface area contributed by atoms with E-state index in [2.05, 4.69) is 15.1 Å². The molecule has 0 unspecified atom stereocenters. The zero-order valence-electron chi connectivity index (χ0n) is 22.7. The fourth-order valence-electron chi connectivity index (χ4n) is 4.88. The molecule has 5 rings (SSSR count). The molecule has 0 aliphatic carbocycles. The van der Waals surface area contributed by atoms with Crippen molar-refractivity contribution in [1.82, 2.24) is 33.4 Å². The van der Waals surface area contributed by atoms with Gasteiger partial charge in [-0.2, -0.15) is 18.3 Å². The van der Waals surface area contributed by atoms with E-state index in [-0.39, 0.29) is 54.4 Å². The maximum Gasteiger partial charge on any atom is 0.416 e. The first-order valence-electron chi connectivity index (χ1n) is 13.1. The van der Waals surface area contributed by atoms with E-state index in [0.29, 0.717) is 17.5 Å². The summed E-state index contributed by atoms with van der Waals surface area (Å²) in [6.07, 6.45) is 0.479. The number of fused-ring (bicyclic) bond motifs is 1. The molecular weight excluding hydrogens is 555 g/mol. The standard InChI is InChI=1S/C28H26F3N7O4/c1-3-11-37-25(39)22-24(36(4-2)27(37)42)34-23(38(22)16-21-20(26(40)41)9-6-10-32-21)18-13-33-35(15-18)14-17-7-5-8-19(12-17)28(29,30)31/h5-10,12-13,15H,3-4,11,14,16H2,1-2H3,(H,40,41). The highest BCUT2D eigenvalue weighted by molar-refractivity contribution is 5.89. The molecule has 0 saturated heterocycles. The fraction of sp³-hybridized carbons (Fsp3) is 0.286. The summed E-state index contributed by atoms with van der Waals surface area (Å²) < 4.78 is 45.1. The molecule has 218 valence electrons. The Bertz CT molecular complexity index is 1920. The lowest BCUT2D eigenvalue weighted by Gasteiger charge is -2.12. The van der Waals surface area contributed by atoms with Gasteiger partial charge in [0.2, 0.25) is 0 Å². The lowest BCUT2D eigenvalue weighted by molar-refractivity contribution is -0.137. The summed E-state index contributed by atoms with van der Waals surface area (Å²) in [7, 11) is 0. The van der Waals surface area contributed by atoms with Crippen LogP contribution in [0.1, 0.15) is 47.4 Å². The van der Waals surface area contributed by atoms with Crippen molar-refractivity contribution in [2.75, 3.05) is 0 Å². The van der Waals surface area contributed by atoms with E-state index in [1.807, 2.05) is 6.92 Å². The molecule has 0 saturated carbocycles. The molecular formula is C28H26F3N7O4. The second-order valence-corrected chi connectivity index (χ2v) is 9.60. The second-order valence-electron chi connectivity index (χ2n) is 9.60. The molecule has 0 radical (unpaired) electrons. The average Bonchev–Trinajstić information content (AvgIpc) is 3.56. The second kappa shape index (κ2) is 11.1. The number of hydrogen-bond acceptors (Lipinski definition) is 6. The third-order valence-corrected chi connectivity index (χ3v) is 6.80. The number of carbonyl (C=O) groups is 1. The van der Waals surface area contributed by atoms with Gasteiger partial charge in [0.1, 0.15) is 5.82 Å². The Balaban J connectivity index is 1.69. The average molecular weight is 582 g/mol. The number of pyridine rings is 1. The van der Waals surface area contributed by atoms with Gasteiger partial charge in [-0.3, -0.25) is 23.6 Å². The Kier molecular flexibility index (Phi) is 7.54. The van der Waals surface area contributed by atoms with E-state index < -0.39 is 29.0 Å². The SMILES string of the molecule is CCCn1c(=O)c2c(nc(-c3cnn(Cc4cccc(C(F)(F)F)c4)c3)n2Cc2ncccc2C(=O)O)n(CC)c1=O. The minimum atomic E-state index is -4.49. The van der Waals surface area contributed by atoms with E-state index in [1.54, 1.807) is 19.2 Å². The fourth-order valence-corrected chi connectivity index (χ4v) is 4.88. The molecule has 11 nitrogen and oxygen atoms in total. The molecule has 0 fully saturated rings. The van der Waals surface area contributed by atoms with Gasteiger partial charge < -0.3 is 9.67 Å². The predicted molar refractivity (Wildman–Crippen MR) is 146 cm³/mol. The molecule has 14 heteroatoms. The van der Waals surface area contributed by atoms with Crippen molar-refractivity contribution < 1.29 is 23.1 Å². The van der Waals surface area contributed by atoms with Crippen LogP contribution >= 0.6 is 0 Å². The molecule has 0 spiro atoms. The summed E-state index contributed by atoms with van der Waals surface area (Å²) in [4.78, 5) is 47.7. The first kappa shape index (κ1) is 28.5. The predicted octanol–water partition coefficient (Wildman–Crippen LogP) is 3.86. The number of rotatable bonds is 9. The van der Waals surface area contributed by atoms with Crippen LogP contribution in [0.3, 0.4) is 0 Å². The zero-order valence-corrected chi connectivity index (χ0v) is 22.7. The van der Waals surface area contributed by atoms with Crippen LogP contribution in [0.2, 0.25) is 0 Å². The third-order valence-electron chi connectivity index (χ3n) is 6.80. The van der Waals surface area contributed by atoms with Gasteiger partial charge in [-0.25, -0.2) is 14.6 Å². The summed E-state index contributed by atoms with van der Waals surface area (Å²) in [6.45, 7) is 3.84. The third kappa shape index (κ3) is 5.22. The monoisotopic (exact) mass is 581 g/mol. The smallest absolute Gasteiger partial charge is 0.416 e. The van der Waals surface area contributed by atoms with E-state index in [0.717, 1.165) is 16.7 Å². The zero-order chi connectivity index (χ0) is 30.2. The van der Waals surface area contributed by atoms with Crippen LogP contribution in [0.5, 0.6) is 0 Å². The summed E-state index contributed by atoms with van der Waals surface area (Å²) in [5.41, 5.74) is -0.791. The van der Waals surface area contributed by atoms with Crippen LogP contribution in [0, 0.1) is 0 Å². The van der Waals surface area contributed by atoms with Crippen molar-refractivity contribution in [3.8, 4) is 11.4 Å². The minimum absolute atomic E-state index is 0.0243. The first-order valence-corrected chi connectivity index (χ1v) is 13.1. The number of carboxylic acids is 1. The van der Waals surface area contributed by atoms with Gasteiger partial charge in [0.15, 0.2) is 11.2 Å². The molecule has 4 heterocycles. The minimum Gasteiger partial charge on any atom is -0.478 e. The topological polar surface area (TPSA) is 130 Å². The van der Waals surface area contributed by atoms with Crippen molar-refractivity contribution in [2.24, 2.45) is 0 Å². The van der Waals surface area contributed by atoms with Crippen molar-refractivity contribution in [3.63, 3.8) is 0 Å². The molecule has 0 aliphatic heterocycles. The number of nitrogens with zero attached hydrogens (tertiary/aromatic N) is 7. The van der Waals surface area contributed by atoms with Crippen LogP contribution in [0.25, 0.3) is 22.6 Å². The van der Waals surface area contributed by atoms with Crippen molar-refractivity contribution in [2.45, 2.75) is 52.6 Å². The van der Waals surface area contributed by atoms with E-state index in [4.69, 9.17) is 0 Å². The van der Waals surface area contributed by atoms with Gasteiger partial charge in [0, 0.05) is 25.5 Å². The van der Waals surface area contributed by atoms with Crippen LogP contribution in [0.4, 0.5) is 13.2 Å². The maximum absolute atomic E-state index is 13.7. The summed E-state index contributed by atoms with van der Waals surface area (Å²) in [5.74, 6) is -0.984. The number of aromatic carboxylic acids is 1. The van der Waals surface area contributed by atoms with E-state index in [1.165, 1.54) is 44.4 Å². The Morgan fingerprint density at radius 3 is 2.50 bits per heavy atom. The Morgan fingerprint density at radius 2 is 1.81 bits per heavy atom. The maximum atomic E-state index is 13.7. The quantitative estimate of drug-likeness (QED) is 0.280. The van der Waals surface area contributed by atoms with Gasteiger partial charge >= 0.3 is 17.8 Å². The first-order chi connectivity index (χ1) is 20.0. The highest BCUT2D eigenvalue weighted by Gasteiger charge is 2.30. The molecule has 0 atom stereocenters. The van der Waals surface area contributed by atoms with Gasteiger partial charge in [0.05, 0.1) is 41.7 Å². The van der Waals surface area contributed by atoms with Crippen molar-refractivity contribution in [1.29, 1.82) is 0 Å². The largest absolute Gasteiger partial charge is 0.478 e. The molecule has 4 aromatic heterocycles. The Labute approximate surface area is 236 Å². The van der Waals surface area contributed by atoms with Crippen LogP contribution in [0.15, 0.2) is 64.6 Å². The molecule has 42 heavy (non-hydrogen) atoms. The summed E-state index contributed by atoms with van der Waals surface area (Å²) in [6, 6.07) is 7.79. The molecule has 1 aromatic carbocycles. The number of benzene rings is 1. The van der Waals surface area contributed by atoms with Gasteiger partial charge in [-0.15, -0.1) is 0 Å². The molecule has 5 aromatic rings. The lowest BCUT2D eigenvalue weighted by atomic mass is 10.1. The summed E-state index contributed by atoms with van der Waals surface area (Å²) in [5, 5.41) is 14.0. The lowest BCUT2D eigenvalue weighted by Crippen LogP contribution is -2.40. The number of carboxylic acid groups (broad SMARTS) is 1. The number of imidazole rings is 1. The van der Waals surface area contributed by atoms with Gasteiger partial charge in [-0.1, -0.05) is 19.1 Å². The number of hydrogen-bond donors (Lipinski definition) is 1. The normalized spacial score (nSPS) is 11.8. The van der Waals surface area contributed by atoms with Crippen LogP contribution in [-0.2, 0) is 32.4 Å². The van der Waals surface area contributed by atoms with Crippen LogP contribution in [-0.4, -0.2) is 44.5 Å². The van der Waals surface area contributed by atoms with Gasteiger partial charge in [0.25, 0.3) is 5.56 Å². The highest BCUT2D eigenvalue weighted by atomic mass is 19.4. The van der Waals surface area contributed by atoms with E-state index >= 15 is 0 Å². The summed E-state index contributed by atoms with van der Waals surface area (Å²) >= 11 is 0. The van der Waals surface area contributed by atoms with Crippen molar-refractivity contribution >= 4 is 17.1 Å². The number of alkyl halides is 3. The molecule has 0 bridgehead atoms. The van der Waals surface area contributed by atoms with Crippen LogP contribution < -0.4 is 11.2 Å². The molecule has 0 amide bonds. The van der Waals surface area contributed by atoms with E-state index in [9.17, 15) is 32.7 Å². The Hall–Kier alpha value is -5.01. The number of aryl methyl sites for hydroxylation is 1. The molecule has 1 N–H and O–H groups in total.